The van der Waals surface area contributed by atoms with Crippen LogP contribution in [0, 0.1) is 13.8 Å². The summed E-state index contributed by atoms with van der Waals surface area (Å²) >= 11 is 0. The number of benzene rings is 1. The number of ether oxygens (including phenoxy) is 1. The van der Waals surface area contributed by atoms with E-state index in [1.54, 1.807) is 18.2 Å². The first-order chi connectivity index (χ1) is 12.3. The number of imide groups is 1. The molecular formula is C18H19N3O5. The number of amides is 4. The predicted molar refractivity (Wildman–Crippen MR) is 91.0 cm³/mol. The normalized spacial score (nSPS) is 19.4. The fourth-order valence-corrected chi connectivity index (χ4v) is 2.65. The van der Waals surface area contributed by atoms with Crippen molar-refractivity contribution in [2.24, 2.45) is 0 Å². The molecule has 0 bridgehead atoms. The zero-order valence-electron chi connectivity index (χ0n) is 14.7. The molecule has 0 saturated carbocycles. The van der Waals surface area contributed by atoms with Crippen molar-refractivity contribution in [2.45, 2.75) is 26.3 Å². The number of urea groups is 1. The van der Waals surface area contributed by atoms with E-state index in [0.29, 0.717) is 10.8 Å². The summed E-state index contributed by atoms with van der Waals surface area (Å²) in [6.45, 7) is 4.99. The summed E-state index contributed by atoms with van der Waals surface area (Å²) < 4.78 is 10.7. The van der Waals surface area contributed by atoms with Crippen molar-refractivity contribution in [3.63, 3.8) is 0 Å². The standard InChI is InChI=1S/C18H19N3O5/c1-11-6-4-7-13(12(11)2)26-10-15(22)20-21-16(23)18(3,19-17(21)24)14-8-5-9-25-14/h4-9H,10H2,1-3H3,(H,19,24)(H,20,22). The number of nitrogens with zero attached hydrogens (tertiary/aromatic N) is 1. The van der Waals surface area contributed by atoms with E-state index in [-0.39, 0.29) is 12.4 Å². The number of carbonyl (C=O) groups excluding carboxylic acids is 3. The molecule has 2 aromatic rings. The van der Waals surface area contributed by atoms with E-state index in [0.717, 1.165) is 11.1 Å². The third-order valence-corrected chi connectivity index (χ3v) is 4.36. The van der Waals surface area contributed by atoms with Crippen molar-refractivity contribution in [3.8, 4) is 5.75 Å². The van der Waals surface area contributed by atoms with Gasteiger partial charge in [0.25, 0.3) is 11.8 Å². The quantitative estimate of drug-likeness (QED) is 0.795. The van der Waals surface area contributed by atoms with Gasteiger partial charge in [-0.2, -0.15) is 5.01 Å². The predicted octanol–water partition coefficient (Wildman–Crippen LogP) is 1.77. The number of hydrogen-bond acceptors (Lipinski definition) is 5. The van der Waals surface area contributed by atoms with Gasteiger partial charge >= 0.3 is 6.03 Å². The highest BCUT2D eigenvalue weighted by Crippen LogP contribution is 2.28. The van der Waals surface area contributed by atoms with E-state index in [1.807, 2.05) is 26.0 Å². The summed E-state index contributed by atoms with van der Waals surface area (Å²) in [5, 5.41) is 3.15. The molecule has 0 radical (unpaired) electrons. The van der Waals surface area contributed by atoms with Crippen molar-refractivity contribution in [1.82, 2.24) is 15.8 Å². The Bertz CT molecular complexity index is 862. The Balaban J connectivity index is 1.65. The lowest BCUT2D eigenvalue weighted by Gasteiger charge is -2.19. The first-order valence-corrected chi connectivity index (χ1v) is 8.02. The van der Waals surface area contributed by atoms with Gasteiger partial charge in [-0.05, 0) is 50.1 Å². The van der Waals surface area contributed by atoms with Gasteiger partial charge in [0.15, 0.2) is 12.1 Å². The van der Waals surface area contributed by atoms with E-state index in [9.17, 15) is 14.4 Å². The Labute approximate surface area is 150 Å². The maximum absolute atomic E-state index is 12.6. The molecule has 1 unspecified atom stereocenters. The lowest BCUT2D eigenvalue weighted by Crippen LogP contribution is -2.49. The average Bonchev–Trinajstić information content (AvgIpc) is 3.21. The Kier molecular flexibility index (Phi) is 4.41. The van der Waals surface area contributed by atoms with Crippen LogP contribution < -0.4 is 15.5 Å². The molecule has 0 spiro atoms. The van der Waals surface area contributed by atoms with E-state index < -0.39 is 23.4 Å². The monoisotopic (exact) mass is 357 g/mol. The van der Waals surface area contributed by atoms with Crippen LogP contribution in [0.2, 0.25) is 0 Å². The molecule has 1 fully saturated rings. The number of furan rings is 1. The molecule has 136 valence electrons. The molecule has 2 heterocycles. The van der Waals surface area contributed by atoms with Gasteiger partial charge in [-0.3, -0.25) is 15.0 Å². The van der Waals surface area contributed by atoms with E-state index in [4.69, 9.17) is 9.15 Å². The van der Waals surface area contributed by atoms with Crippen LogP contribution in [0.3, 0.4) is 0 Å². The minimum atomic E-state index is -1.37. The number of carbonyl (C=O) groups is 3. The number of hydrazine groups is 1. The second-order valence-corrected chi connectivity index (χ2v) is 6.19. The number of rotatable bonds is 5. The van der Waals surface area contributed by atoms with Crippen LogP contribution in [0.1, 0.15) is 23.8 Å². The zero-order valence-corrected chi connectivity index (χ0v) is 14.7. The number of hydrogen-bond donors (Lipinski definition) is 2. The first-order valence-electron chi connectivity index (χ1n) is 8.02. The van der Waals surface area contributed by atoms with E-state index in [1.165, 1.54) is 13.2 Å². The molecular weight excluding hydrogens is 338 g/mol. The molecule has 1 aliphatic heterocycles. The van der Waals surface area contributed by atoms with Crippen LogP contribution >= 0.6 is 0 Å². The third-order valence-electron chi connectivity index (χ3n) is 4.36. The van der Waals surface area contributed by atoms with Gasteiger partial charge in [0.2, 0.25) is 0 Å². The van der Waals surface area contributed by atoms with Crippen molar-refractivity contribution >= 4 is 17.8 Å². The van der Waals surface area contributed by atoms with E-state index >= 15 is 0 Å². The molecule has 2 N–H and O–H groups in total. The zero-order chi connectivity index (χ0) is 18.9. The minimum Gasteiger partial charge on any atom is -0.483 e. The lowest BCUT2D eigenvalue weighted by molar-refractivity contribution is -0.140. The Hall–Kier alpha value is -3.29. The van der Waals surface area contributed by atoms with Gasteiger partial charge in [-0.1, -0.05) is 12.1 Å². The van der Waals surface area contributed by atoms with Gasteiger partial charge in [0, 0.05) is 0 Å². The van der Waals surface area contributed by atoms with E-state index in [2.05, 4.69) is 10.7 Å². The van der Waals surface area contributed by atoms with Crippen LogP contribution in [0.25, 0.3) is 0 Å². The number of nitrogens with one attached hydrogen (secondary N) is 2. The van der Waals surface area contributed by atoms with Gasteiger partial charge in [0.1, 0.15) is 11.5 Å². The highest BCUT2D eigenvalue weighted by molar-refractivity contribution is 6.07. The second kappa shape index (κ2) is 6.55. The summed E-state index contributed by atoms with van der Waals surface area (Å²) in [5.74, 6) is -0.423. The lowest BCUT2D eigenvalue weighted by atomic mass is 10.00. The Morgan fingerprint density at radius 2 is 2.04 bits per heavy atom. The smallest absolute Gasteiger partial charge is 0.344 e. The third kappa shape index (κ3) is 3.01. The summed E-state index contributed by atoms with van der Waals surface area (Å²) in [7, 11) is 0. The summed E-state index contributed by atoms with van der Waals surface area (Å²) in [6.07, 6.45) is 1.40. The van der Waals surface area contributed by atoms with Crippen LogP contribution in [0.5, 0.6) is 5.75 Å². The maximum atomic E-state index is 12.6. The highest BCUT2D eigenvalue weighted by atomic mass is 16.5. The molecule has 1 aliphatic rings. The van der Waals surface area contributed by atoms with Crippen LogP contribution in [0.15, 0.2) is 41.0 Å². The molecule has 0 aliphatic carbocycles. The molecule has 3 rings (SSSR count). The highest BCUT2D eigenvalue weighted by Gasteiger charge is 2.52. The van der Waals surface area contributed by atoms with Gasteiger partial charge < -0.3 is 14.5 Å². The van der Waals surface area contributed by atoms with Crippen molar-refractivity contribution < 1.29 is 23.5 Å². The molecule has 8 nitrogen and oxygen atoms in total. The summed E-state index contributed by atoms with van der Waals surface area (Å²) in [5.41, 5.74) is 2.84. The Morgan fingerprint density at radius 1 is 1.27 bits per heavy atom. The second-order valence-electron chi connectivity index (χ2n) is 6.19. The fourth-order valence-electron chi connectivity index (χ4n) is 2.65. The number of aryl methyl sites for hydroxylation is 1. The minimum absolute atomic E-state index is 0.277. The van der Waals surface area contributed by atoms with Gasteiger partial charge in [-0.15, -0.1) is 0 Å². The van der Waals surface area contributed by atoms with Crippen molar-refractivity contribution in [2.75, 3.05) is 6.61 Å². The van der Waals surface area contributed by atoms with Crippen LogP contribution in [-0.2, 0) is 15.1 Å². The fraction of sp³-hybridized carbons (Fsp3) is 0.278. The van der Waals surface area contributed by atoms with Gasteiger partial charge in [-0.25, -0.2) is 4.79 Å². The summed E-state index contributed by atoms with van der Waals surface area (Å²) in [4.78, 5) is 36.8. The Morgan fingerprint density at radius 3 is 2.73 bits per heavy atom. The summed E-state index contributed by atoms with van der Waals surface area (Å²) in [6, 6.07) is 7.95. The average molecular weight is 357 g/mol. The molecule has 1 atom stereocenters. The molecule has 1 aromatic heterocycles. The topological polar surface area (TPSA) is 101 Å². The van der Waals surface area contributed by atoms with Crippen molar-refractivity contribution in [3.05, 3.63) is 53.5 Å². The molecule has 1 aromatic carbocycles. The molecule has 4 amide bonds. The largest absolute Gasteiger partial charge is 0.483 e. The van der Waals surface area contributed by atoms with Crippen LogP contribution in [-0.4, -0.2) is 29.5 Å². The van der Waals surface area contributed by atoms with Crippen molar-refractivity contribution in [1.29, 1.82) is 0 Å². The van der Waals surface area contributed by atoms with Gasteiger partial charge in [0.05, 0.1) is 6.26 Å². The van der Waals surface area contributed by atoms with Crippen LogP contribution in [0.4, 0.5) is 4.79 Å². The molecule has 26 heavy (non-hydrogen) atoms. The first kappa shape index (κ1) is 17.5. The molecule has 8 heteroatoms. The SMILES string of the molecule is Cc1cccc(OCC(=O)NN2C(=O)NC(C)(c3ccco3)C2=O)c1C. The molecule has 1 saturated heterocycles. The maximum Gasteiger partial charge on any atom is 0.344 e.